The Bertz CT molecular complexity index is 429. The molecular formula is C15H20F3NO. The smallest absolute Gasteiger partial charge is 0.379 e. The Labute approximate surface area is 117 Å². The van der Waals surface area contributed by atoms with Gasteiger partial charge in [-0.15, -0.1) is 0 Å². The molecule has 1 unspecified atom stereocenters. The number of hydrogen-bond acceptors (Lipinski definition) is 2. The van der Waals surface area contributed by atoms with Gasteiger partial charge in [0.2, 0.25) is 0 Å². The summed E-state index contributed by atoms with van der Waals surface area (Å²) >= 11 is 0. The predicted octanol–water partition coefficient (Wildman–Crippen LogP) is 3.91. The molecule has 0 aliphatic heterocycles. The van der Waals surface area contributed by atoms with Crippen molar-refractivity contribution in [2.45, 2.75) is 37.9 Å². The van der Waals surface area contributed by atoms with Crippen LogP contribution in [0.2, 0.25) is 0 Å². The van der Waals surface area contributed by atoms with Crippen molar-refractivity contribution < 1.29 is 17.9 Å². The van der Waals surface area contributed by atoms with E-state index in [2.05, 4.69) is 0 Å². The highest BCUT2D eigenvalue weighted by atomic mass is 19.4. The van der Waals surface area contributed by atoms with Crippen LogP contribution in [0.25, 0.3) is 0 Å². The molecule has 0 heterocycles. The van der Waals surface area contributed by atoms with Crippen LogP contribution in [0.5, 0.6) is 0 Å². The van der Waals surface area contributed by atoms with E-state index in [0.29, 0.717) is 12.2 Å². The minimum absolute atomic E-state index is 0.258. The Morgan fingerprint density at radius 2 is 2.05 bits per heavy atom. The van der Waals surface area contributed by atoms with Crippen LogP contribution in [-0.4, -0.2) is 13.2 Å². The summed E-state index contributed by atoms with van der Waals surface area (Å²) < 4.78 is 43.3. The van der Waals surface area contributed by atoms with E-state index in [-0.39, 0.29) is 6.61 Å². The maximum Gasteiger partial charge on any atom is 0.416 e. The van der Waals surface area contributed by atoms with E-state index in [0.717, 1.165) is 24.5 Å². The molecule has 0 saturated heterocycles. The molecule has 1 aliphatic rings. The van der Waals surface area contributed by atoms with Gasteiger partial charge in [0.15, 0.2) is 0 Å². The monoisotopic (exact) mass is 287 g/mol. The van der Waals surface area contributed by atoms with E-state index < -0.39 is 17.8 Å². The third-order valence-corrected chi connectivity index (χ3v) is 3.83. The van der Waals surface area contributed by atoms with Gasteiger partial charge < -0.3 is 10.5 Å². The fourth-order valence-electron chi connectivity index (χ4n) is 2.28. The lowest BCUT2D eigenvalue weighted by Crippen LogP contribution is -2.20. The first kappa shape index (κ1) is 15.3. The van der Waals surface area contributed by atoms with Crippen LogP contribution in [0.15, 0.2) is 24.3 Å². The van der Waals surface area contributed by atoms with Crippen molar-refractivity contribution in [2.75, 3.05) is 13.2 Å². The molecule has 1 fully saturated rings. The normalized spacial score (nSPS) is 17.8. The molecule has 0 aromatic heterocycles. The molecule has 1 saturated carbocycles. The Morgan fingerprint density at radius 1 is 1.30 bits per heavy atom. The molecule has 0 bridgehead atoms. The van der Waals surface area contributed by atoms with Crippen LogP contribution in [-0.2, 0) is 10.9 Å². The Balaban J connectivity index is 1.80. The zero-order valence-electron chi connectivity index (χ0n) is 11.3. The van der Waals surface area contributed by atoms with Gasteiger partial charge in [-0.05, 0) is 30.0 Å². The molecule has 1 aromatic rings. The van der Waals surface area contributed by atoms with Crippen LogP contribution in [0.1, 0.15) is 42.9 Å². The van der Waals surface area contributed by atoms with Gasteiger partial charge in [-0.3, -0.25) is 0 Å². The van der Waals surface area contributed by atoms with E-state index in [1.54, 1.807) is 6.07 Å². The van der Waals surface area contributed by atoms with E-state index in [4.69, 9.17) is 10.5 Å². The molecule has 1 aliphatic carbocycles. The molecule has 0 amide bonds. The van der Waals surface area contributed by atoms with Gasteiger partial charge in [0.05, 0.1) is 18.2 Å². The molecule has 1 atom stereocenters. The van der Waals surface area contributed by atoms with E-state index in [1.807, 2.05) is 0 Å². The molecule has 2 rings (SSSR count). The van der Waals surface area contributed by atoms with Gasteiger partial charge in [0.1, 0.15) is 0 Å². The lowest BCUT2D eigenvalue weighted by molar-refractivity contribution is -0.137. The highest BCUT2D eigenvalue weighted by Gasteiger charge is 2.30. The van der Waals surface area contributed by atoms with Crippen molar-refractivity contribution in [1.29, 1.82) is 0 Å². The third-order valence-electron chi connectivity index (χ3n) is 3.83. The molecule has 2 nitrogen and oxygen atoms in total. The van der Waals surface area contributed by atoms with Crippen molar-refractivity contribution in [3.63, 3.8) is 0 Å². The van der Waals surface area contributed by atoms with E-state index in [9.17, 15) is 13.2 Å². The largest absolute Gasteiger partial charge is 0.416 e. The quantitative estimate of drug-likeness (QED) is 0.805. The first-order valence-electron chi connectivity index (χ1n) is 6.97. The Kier molecular flexibility index (Phi) is 5.05. The first-order chi connectivity index (χ1) is 9.47. The molecular weight excluding hydrogens is 267 g/mol. The Morgan fingerprint density at radius 3 is 2.65 bits per heavy atom. The van der Waals surface area contributed by atoms with Crippen molar-refractivity contribution in [3.8, 4) is 0 Å². The minimum atomic E-state index is -4.33. The SMILES string of the molecule is NC(COCCC1CCC1)c1cccc(C(F)(F)F)c1. The van der Waals surface area contributed by atoms with Crippen molar-refractivity contribution >= 4 is 0 Å². The highest BCUT2D eigenvalue weighted by Crippen LogP contribution is 2.31. The van der Waals surface area contributed by atoms with Crippen molar-refractivity contribution in [2.24, 2.45) is 11.7 Å². The number of rotatable bonds is 6. The summed E-state index contributed by atoms with van der Waals surface area (Å²) in [6, 6.07) is 4.62. The molecule has 112 valence electrons. The zero-order valence-corrected chi connectivity index (χ0v) is 11.3. The van der Waals surface area contributed by atoms with Crippen molar-refractivity contribution in [3.05, 3.63) is 35.4 Å². The van der Waals surface area contributed by atoms with Gasteiger partial charge in [-0.1, -0.05) is 31.4 Å². The lowest BCUT2D eigenvalue weighted by atomic mass is 9.83. The zero-order chi connectivity index (χ0) is 14.6. The molecule has 5 heteroatoms. The number of benzene rings is 1. The summed E-state index contributed by atoms with van der Waals surface area (Å²) in [7, 11) is 0. The van der Waals surface area contributed by atoms with Gasteiger partial charge in [-0.2, -0.15) is 13.2 Å². The summed E-state index contributed by atoms with van der Waals surface area (Å²) in [4.78, 5) is 0. The van der Waals surface area contributed by atoms with Crippen LogP contribution in [0.4, 0.5) is 13.2 Å². The Hall–Kier alpha value is -1.07. The molecule has 0 spiro atoms. The maximum atomic E-state index is 12.6. The predicted molar refractivity (Wildman–Crippen MR) is 71.1 cm³/mol. The average Bonchev–Trinajstić information content (AvgIpc) is 2.35. The summed E-state index contributed by atoms with van der Waals surface area (Å²) in [6.07, 6.45) is 0.524. The number of hydrogen-bond donors (Lipinski definition) is 1. The van der Waals surface area contributed by atoms with E-state index >= 15 is 0 Å². The standard InChI is InChI=1S/C15H20F3NO/c16-15(17,18)13-6-2-5-12(9-13)14(19)10-20-8-7-11-3-1-4-11/h2,5-6,9,11,14H,1,3-4,7-8,10,19H2. The summed E-state index contributed by atoms with van der Waals surface area (Å²) in [6.45, 7) is 0.894. The maximum absolute atomic E-state index is 12.6. The fourth-order valence-corrected chi connectivity index (χ4v) is 2.28. The molecule has 0 radical (unpaired) electrons. The van der Waals surface area contributed by atoms with Gasteiger partial charge in [0.25, 0.3) is 0 Å². The summed E-state index contributed by atoms with van der Waals surface area (Å²) in [5, 5.41) is 0. The molecule has 20 heavy (non-hydrogen) atoms. The van der Waals surface area contributed by atoms with Crippen LogP contribution >= 0.6 is 0 Å². The second-order valence-electron chi connectivity index (χ2n) is 5.39. The summed E-state index contributed by atoms with van der Waals surface area (Å²) in [5.74, 6) is 0.764. The van der Waals surface area contributed by atoms with Gasteiger partial charge in [0, 0.05) is 6.61 Å². The second kappa shape index (κ2) is 6.59. The topological polar surface area (TPSA) is 35.2 Å². The lowest BCUT2D eigenvalue weighted by Gasteiger charge is -2.25. The van der Waals surface area contributed by atoms with E-state index in [1.165, 1.54) is 25.3 Å². The number of halogens is 3. The minimum Gasteiger partial charge on any atom is -0.379 e. The average molecular weight is 287 g/mol. The van der Waals surface area contributed by atoms with Crippen molar-refractivity contribution in [1.82, 2.24) is 0 Å². The van der Waals surface area contributed by atoms with Crippen LogP contribution in [0.3, 0.4) is 0 Å². The molecule has 1 aromatic carbocycles. The first-order valence-corrected chi connectivity index (χ1v) is 6.97. The second-order valence-corrected chi connectivity index (χ2v) is 5.39. The number of ether oxygens (including phenoxy) is 1. The number of nitrogens with two attached hydrogens (primary N) is 1. The van der Waals surface area contributed by atoms with Gasteiger partial charge in [-0.25, -0.2) is 0 Å². The van der Waals surface area contributed by atoms with Gasteiger partial charge >= 0.3 is 6.18 Å². The number of alkyl halides is 3. The fraction of sp³-hybridized carbons (Fsp3) is 0.600. The summed E-state index contributed by atoms with van der Waals surface area (Å²) in [5.41, 5.74) is 5.67. The third kappa shape index (κ3) is 4.21. The van der Waals surface area contributed by atoms with Crippen LogP contribution in [0, 0.1) is 5.92 Å². The highest BCUT2D eigenvalue weighted by molar-refractivity contribution is 5.27. The molecule has 2 N–H and O–H groups in total. The van der Waals surface area contributed by atoms with Crippen LogP contribution < -0.4 is 5.73 Å².